The maximum absolute atomic E-state index is 13.9. The molecule has 4 saturated heterocycles. The molecule has 4 fully saturated rings. The number of fused-ring (bicyclic) bond motifs is 2. The van der Waals surface area contributed by atoms with E-state index in [4.69, 9.17) is 43.6 Å². The second kappa shape index (κ2) is 47.7. The molecule has 8 amide bonds. The van der Waals surface area contributed by atoms with Crippen LogP contribution >= 0.6 is 0 Å². The van der Waals surface area contributed by atoms with Crippen molar-refractivity contribution < 1.29 is 93.8 Å². The van der Waals surface area contributed by atoms with Gasteiger partial charge in [-0.3, -0.25) is 58.1 Å². The first kappa shape index (κ1) is 90.4. The van der Waals surface area contributed by atoms with Gasteiger partial charge in [0.05, 0.1) is 179 Å². The zero-order chi connectivity index (χ0) is 81.7. The van der Waals surface area contributed by atoms with Gasteiger partial charge in [0.1, 0.15) is 12.1 Å². The number of benzene rings is 2. The fourth-order valence-corrected chi connectivity index (χ4v) is 13.4. The van der Waals surface area contributed by atoms with Crippen LogP contribution in [0.15, 0.2) is 60.9 Å². The molecule has 626 valence electrons. The van der Waals surface area contributed by atoms with E-state index in [0.717, 1.165) is 73.3 Å². The van der Waals surface area contributed by atoms with E-state index in [0.29, 0.717) is 140 Å². The van der Waals surface area contributed by atoms with E-state index in [1.54, 1.807) is 12.1 Å². The van der Waals surface area contributed by atoms with Crippen molar-refractivity contribution in [2.45, 2.75) is 81.3 Å². The molecule has 0 unspecified atom stereocenters. The molecule has 2 aromatic carbocycles. The molecule has 8 rings (SSSR count). The summed E-state index contributed by atoms with van der Waals surface area (Å²) < 4.78 is 100. The van der Waals surface area contributed by atoms with E-state index in [2.05, 4.69) is 50.8 Å². The lowest BCUT2D eigenvalue weighted by Crippen LogP contribution is -2.49. The molecule has 6 heterocycles. The molecule has 2 atom stereocenters. The number of carbonyl (C=O) groups is 8. The maximum Gasteiger partial charge on any atom is 0.268 e. The van der Waals surface area contributed by atoms with Crippen molar-refractivity contribution >= 4 is 80.4 Å². The van der Waals surface area contributed by atoms with Crippen LogP contribution in [0.4, 0.5) is 28.9 Å². The van der Waals surface area contributed by atoms with E-state index in [9.17, 15) is 66.4 Å². The Morgan fingerprint density at radius 2 is 0.833 bits per heavy atom. The van der Waals surface area contributed by atoms with Crippen LogP contribution < -0.4 is 36.8 Å². The Hall–Kier alpha value is -9.12. The van der Waals surface area contributed by atoms with Crippen molar-refractivity contribution in [1.82, 2.24) is 60.6 Å². The van der Waals surface area contributed by atoms with Crippen molar-refractivity contribution in [2.24, 2.45) is 5.73 Å². The summed E-state index contributed by atoms with van der Waals surface area (Å²) in [7, 11) is 3.90. The Morgan fingerprint density at radius 1 is 0.491 bits per heavy atom. The number of likely N-dealkylation sites (tertiary alicyclic amines) is 2. The van der Waals surface area contributed by atoms with E-state index in [1.807, 2.05) is 60.3 Å². The Balaban J connectivity index is 0.521. The van der Waals surface area contributed by atoms with Gasteiger partial charge in [-0.25, -0.2) is 17.6 Å². The lowest BCUT2D eigenvalue weighted by Gasteiger charge is -2.35. The minimum Gasteiger partial charge on any atom is -0.379 e. The van der Waals surface area contributed by atoms with E-state index in [-0.39, 0.29) is 100.0 Å². The number of ether oxygens (including phenoxy) is 8. The van der Waals surface area contributed by atoms with Gasteiger partial charge in [0.25, 0.3) is 23.7 Å². The third-order valence-electron chi connectivity index (χ3n) is 19.7. The molecular weight excluding hydrogens is 1490 g/mol. The number of piperazine rings is 2. The van der Waals surface area contributed by atoms with Gasteiger partial charge in [-0.05, 0) is 74.5 Å². The fourth-order valence-electron chi connectivity index (χ4n) is 13.4. The highest BCUT2D eigenvalue weighted by molar-refractivity contribution is 6.08. The van der Waals surface area contributed by atoms with Crippen molar-refractivity contribution in [2.75, 3.05) is 247 Å². The zero-order valence-electron chi connectivity index (χ0n) is 65.2. The minimum atomic E-state index is -3.16. The maximum atomic E-state index is 13.9. The van der Waals surface area contributed by atoms with Crippen molar-refractivity contribution in [3.05, 3.63) is 72.1 Å². The number of hydrogen-bond donors (Lipinski definition) is 5. The molecule has 4 aliphatic heterocycles. The van der Waals surface area contributed by atoms with E-state index >= 15 is 0 Å². The van der Waals surface area contributed by atoms with Gasteiger partial charge in [-0.15, -0.1) is 0 Å². The smallest absolute Gasteiger partial charge is 0.268 e. The van der Waals surface area contributed by atoms with Gasteiger partial charge in [-0.1, -0.05) is 0 Å². The molecule has 33 nitrogen and oxygen atoms in total. The Kier molecular flexibility index (Phi) is 37.8. The monoisotopic (exact) mass is 1600 g/mol. The third-order valence-corrected chi connectivity index (χ3v) is 19.7. The van der Waals surface area contributed by atoms with Crippen LogP contribution in [0.5, 0.6) is 0 Å². The summed E-state index contributed by atoms with van der Waals surface area (Å²) in [5.41, 5.74) is 9.45. The number of pyridine rings is 2. The third kappa shape index (κ3) is 30.6. The molecule has 6 N–H and O–H groups in total. The predicted molar refractivity (Wildman–Crippen MR) is 410 cm³/mol. The highest BCUT2D eigenvalue weighted by Crippen LogP contribution is 2.33. The van der Waals surface area contributed by atoms with Crippen molar-refractivity contribution in [3.8, 4) is 12.1 Å². The number of nitrogens with zero attached hydrogens (tertiary/aromatic N) is 12. The first-order valence-corrected chi connectivity index (χ1v) is 38.8. The van der Waals surface area contributed by atoms with Crippen molar-refractivity contribution in [1.29, 1.82) is 10.5 Å². The van der Waals surface area contributed by atoms with Crippen LogP contribution in [-0.4, -0.2) is 354 Å². The molecule has 0 radical (unpaired) electrons. The molecular formula is C77H109F4N17O16. The fraction of sp³-hybridized carbons (Fsp3) is 0.636. The van der Waals surface area contributed by atoms with Gasteiger partial charge >= 0.3 is 0 Å². The Morgan fingerprint density at radius 3 is 1.18 bits per heavy atom. The quantitative estimate of drug-likeness (QED) is 0.0310. The molecule has 2 aromatic heterocycles. The Labute approximate surface area is 661 Å². The number of nitrogens with two attached hydrogens (primary N) is 1. The number of aromatic nitrogens is 2. The van der Waals surface area contributed by atoms with Crippen LogP contribution in [0, 0.1) is 22.7 Å². The SMILES string of the molecule is CN(CCCN1CCN(C(=O)CCOCCOCCOCCOCCNC(=O)CC(N)CC(=O)NCCOCCOCCOCCOCCC(=O)N2CCN(CCCN(C)c3ccc4nccc(C(=O)NCC(=O)N5CC(F)(F)C[C@@H]5C#N)c4c3)CC2)CC1)c1ccc2nccc(C(=O)NCC(=O)N3CC(F)(F)C[C@@H]3C#N)c2c1. The largest absolute Gasteiger partial charge is 0.379 e. The molecule has 4 aliphatic rings. The van der Waals surface area contributed by atoms with Crippen LogP contribution in [0.3, 0.4) is 0 Å². The number of halogens is 4. The van der Waals surface area contributed by atoms with Crippen molar-refractivity contribution in [3.63, 3.8) is 0 Å². The van der Waals surface area contributed by atoms with Gasteiger partial charge < -0.3 is 94.3 Å². The first-order valence-electron chi connectivity index (χ1n) is 38.8. The number of nitrogens with one attached hydrogen (secondary N) is 4. The zero-order valence-corrected chi connectivity index (χ0v) is 65.2. The number of carbonyl (C=O) groups excluding carboxylic acids is 8. The molecule has 37 heteroatoms. The molecule has 0 spiro atoms. The van der Waals surface area contributed by atoms with E-state index < -0.39 is 92.6 Å². The summed E-state index contributed by atoms with van der Waals surface area (Å²) in [4.78, 5) is 125. The van der Waals surface area contributed by atoms with E-state index in [1.165, 1.54) is 24.5 Å². The summed E-state index contributed by atoms with van der Waals surface area (Å²) in [5, 5.41) is 30.2. The average Bonchev–Trinajstić information content (AvgIpc) is 1.04. The van der Waals surface area contributed by atoms with Gasteiger partial charge in [0.15, 0.2) is 0 Å². The van der Waals surface area contributed by atoms with Crippen LogP contribution in [-0.2, 0) is 66.7 Å². The number of hydrogen-bond acceptors (Lipinski definition) is 25. The van der Waals surface area contributed by atoms with Gasteiger partial charge in [-0.2, -0.15) is 10.5 Å². The lowest BCUT2D eigenvalue weighted by molar-refractivity contribution is -0.135. The predicted octanol–water partition coefficient (Wildman–Crippen LogP) is 1.66. The number of anilines is 2. The van der Waals surface area contributed by atoms with Crippen LogP contribution in [0.1, 0.15) is 72.1 Å². The highest BCUT2D eigenvalue weighted by Gasteiger charge is 2.48. The number of alkyl halides is 4. The van der Waals surface area contributed by atoms with Crippen LogP contribution in [0.2, 0.25) is 0 Å². The number of rotatable bonds is 50. The second-order valence-corrected chi connectivity index (χ2v) is 28.2. The summed E-state index contributed by atoms with van der Waals surface area (Å²) in [6, 6.07) is 14.5. The molecule has 0 aliphatic carbocycles. The summed E-state index contributed by atoms with van der Waals surface area (Å²) in [6.45, 7) is 11.5. The molecule has 0 saturated carbocycles. The molecule has 114 heavy (non-hydrogen) atoms. The summed E-state index contributed by atoms with van der Waals surface area (Å²) >= 11 is 0. The topological polar surface area (TPSA) is 384 Å². The number of amides is 8. The number of nitriles is 2. The summed E-state index contributed by atoms with van der Waals surface area (Å²) in [5.74, 6) is -9.48. The van der Waals surface area contributed by atoms with Gasteiger partial charge in [0, 0.05) is 159 Å². The van der Waals surface area contributed by atoms with Crippen LogP contribution in [0.25, 0.3) is 21.8 Å². The Bertz CT molecular complexity index is 3610. The molecule has 4 aromatic rings. The normalized spacial score (nSPS) is 16.9. The molecule has 0 bridgehead atoms. The average molecular weight is 1600 g/mol. The standard InChI is InChI=1S/C77H109F4N17O16/c1-91(58-5-7-66-64(47-58)62(9-13-85-66)74(105)89-53-72(103)97-55-76(78,79)49-60(97)51-82)17-3-19-93-21-25-95(26-22-93)70(101)11-29-107-33-37-111-41-43-113-39-35-109-31-15-87-68(99)45-57(84)46-69(100)88-16-32-110-36-40-114-44-42-112-38-34-108-30-12-71(102)96-27-23-94(24-28-96)20-4-18-92(2)59-6-8-67-65(48-59)63(10-14-86-67)75(106)90-54-73(104)98-56-77(80,81)50-61(98)52-83/h5-10,13-14,47-48,57,60-61H,3-4,11-12,15-46,49-50,53-56,84H2,1-2H3,(H,87,99)(H,88,100)(H,89,105)(H,90,106)/t60-,61-/m1/s1. The summed E-state index contributed by atoms with van der Waals surface area (Å²) in [6.07, 6.45) is 3.67. The lowest BCUT2D eigenvalue weighted by atomic mass is 10.1. The second-order valence-electron chi connectivity index (χ2n) is 28.2. The highest BCUT2D eigenvalue weighted by atomic mass is 19.3. The minimum absolute atomic E-state index is 0.0296. The van der Waals surface area contributed by atoms with Gasteiger partial charge in [0.2, 0.25) is 35.4 Å². The first-order chi connectivity index (χ1) is 55.0.